The lowest BCUT2D eigenvalue weighted by Gasteiger charge is -2.29. The van der Waals surface area contributed by atoms with E-state index in [9.17, 15) is 4.79 Å². The second-order valence-corrected chi connectivity index (χ2v) is 5.32. The van der Waals surface area contributed by atoms with E-state index in [2.05, 4.69) is 17.6 Å². The summed E-state index contributed by atoms with van der Waals surface area (Å²) in [5.41, 5.74) is 0. The fraction of sp³-hybridized carbons (Fsp3) is 0.923. The lowest BCUT2D eigenvalue weighted by Crippen LogP contribution is -2.44. The van der Waals surface area contributed by atoms with Gasteiger partial charge in [0.25, 0.3) is 0 Å². The van der Waals surface area contributed by atoms with Gasteiger partial charge in [0, 0.05) is 25.6 Å². The Morgan fingerprint density at radius 3 is 3.00 bits per heavy atom. The van der Waals surface area contributed by atoms with Crippen molar-refractivity contribution in [3.8, 4) is 0 Å². The molecule has 2 fully saturated rings. The average molecular weight is 240 g/mol. The highest BCUT2D eigenvalue weighted by atomic mass is 16.5. The van der Waals surface area contributed by atoms with Crippen LogP contribution in [0.2, 0.25) is 0 Å². The zero-order valence-corrected chi connectivity index (χ0v) is 10.7. The molecule has 1 amide bonds. The first-order valence-electron chi connectivity index (χ1n) is 6.87. The van der Waals surface area contributed by atoms with Gasteiger partial charge in [0.1, 0.15) is 0 Å². The maximum Gasteiger partial charge on any atom is 0.221 e. The number of piperidine rings is 1. The smallest absolute Gasteiger partial charge is 0.221 e. The minimum atomic E-state index is 0.159. The number of nitrogens with one attached hydrogen (secondary N) is 2. The van der Waals surface area contributed by atoms with Gasteiger partial charge in [-0.2, -0.15) is 0 Å². The Bertz CT molecular complexity index is 252. The first-order valence-corrected chi connectivity index (χ1v) is 6.87. The number of rotatable bonds is 4. The van der Waals surface area contributed by atoms with E-state index < -0.39 is 0 Å². The van der Waals surface area contributed by atoms with E-state index >= 15 is 0 Å². The van der Waals surface area contributed by atoms with E-state index in [4.69, 9.17) is 4.74 Å². The molecular weight excluding hydrogens is 216 g/mol. The van der Waals surface area contributed by atoms with Gasteiger partial charge in [-0.1, -0.05) is 6.92 Å². The summed E-state index contributed by atoms with van der Waals surface area (Å²) in [6, 6.07) is 0.355. The predicted molar refractivity (Wildman–Crippen MR) is 66.8 cm³/mol. The normalized spacial score (nSPS) is 33.6. The Morgan fingerprint density at radius 1 is 1.41 bits per heavy atom. The zero-order chi connectivity index (χ0) is 12.1. The molecule has 0 aromatic rings. The molecule has 0 aromatic carbocycles. The van der Waals surface area contributed by atoms with Gasteiger partial charge in [-0.15, -0.1) is 0 Å². The van der Waals surface area contributed by atoms with E-state index in [0.29, 0.717) is 24.9 Å². The molecule has 2 aliphatic heterocycles. The number of amides is 1. The van der Waals surface area contributed by atoms with Gasteiger partial charge >= 0.3 is 0 Å². The first-order chi connectivity index (χ1) is 8.25. The molecule has 0 aromatic heterocycles. The minimum absolute atomic E-state index is 0.159. The van der Waals surface area contributed by atoms with Crippen LogP contribution in [-0.2, 0) is 9.53 Å². The maximum absolute atomic E-state index is 11.8. The van der Waals surface area contributed by atoms with Crippen LogP contribution in [-0.4, -0.2) is 37.7 Å². The van der Waals surface area contributed by atoms with Crippen LogP contribution in [0.5, 0.6) is 0 Å². The topological polar surface area (TPSA) is 50.4 Å². The van der Waals surface area contributed by atoms with Crippen LogP contribution in [0.4, 0.5) is 0 Å². The summed E-state index contributed by atoms with van der Waals surface area (Å²) in [4.78, 5) is 11.8. The number of carbonyl (C=O) groups is 1. The van der Waals surface area contributed by atoms with Crippen molar-refractivity contribution >= 4 is 5.91 Å². The highest BCUT2D eigenvalue weighted by Crippen LogP contribution is 2.18. The van der Waals surface area contributed by atoms with Crippen molar-refractivity contribution < 1.29 is 9.53 Å². The van der Waals surface area contributed by atoms with Gasteiger partial charge in [-0.05, 0) is 38.1 Å². The van der Waals surface area contributed by atoms with E-state index in [1.807, 2.05) is 0 Å². The largest absolute Gasteiger partial charge is 0.376 e. The third-order valence-electron chi connectivity index (χ3n) is 3.89. The Morgan fingerprint density at radius 2 is 2.29 bits per heavy atom. The molecule has 2 saturated heterocycles. The third-order valence-corrected chi connectivity index (χ3v) is 3.89. The Balaban J connectivity index is 1.65. The molecule has 0 saturated carbocycles. The number of hydrogen-bond acceptors (Lipinski definition) is 3. The Kier molecular flexibility index (Phi) is 4.80. The first kappa shape index (κ1) is 12.8. The molecule has 2 aliphatic rings. The van der Waals surface area contributed by atoms with Crippen molar-refractivity contribution in [2.45, 2.75) is 51.2 Å². The van der Waals surface area contributed by atoms with Gasteiger partial charge in [0.2, 0.25) is 5.91 Å². The predicted octanol–water partition coefficient (Wildman–Crippen LogP) is 1.06. The molecule has 0 radical (unpaired) electrons. The molecule has 4 nitrogen and oxygen atoms in total. The molecule has 17 heavy (non-hydrogen) atoms. The fourth-order valence-corrected chi connectivity index (χ4v) is 2.69. The monoisotopic (exact) mass is 240 g/mol. The summed E-state index contributed by atoms with van der Waals surface area (Å²) in [5.74, 6) is 0.768. The van der Waals surface area contributed by atoms with Gasteiger partial charge in [-0.25, -0.2) is 0 Å². The highest BCUT2D eigenvalue weighted by Gasteiger charge is 2.23. The lowest BCUT2D eigenvalue weighted by atomic mass is 9.90. The summed E-state index contributed by atoms with van der Waals surface area (Å²) >= 11 is 0. The molecular formula is C13H24N2O2. The number of hydrogen-bond donors (Lipinski definition) is 2. The van der Waals surface area contributed by atoms with Crippen molar-refractivity contribution in [2.75, 3.05) is 19.7 Å². The molecule has 4 heteroatoms. The van der Waals surface area contributed by atoms with Gasteiger partial charge in [0.05, 0.1) is 6.10 Å². The molecule has 3 atom stereocenters. The fourth-order valence-electron chi connectivity index (χ4n) is 2.69. The van der Waals surface area contributed by atoms with Crippen molar-refractivity contribution in [1.82, 2.24) is 10.6 Å². The Labute approximate surface area is 103 Å². The van der Waals surface area contributed by atoms with E-state index in [0.717, 1.165) is 26.0 Å². The van der Waals surface area contributed by atoms with Crippen molar-refractivity contribution in [1.29, 1.82) is 0 Å². The number of carbonyl (C=O) groups excluding carboxylic acids is 1. The van der Waals surface area contributed by atoms with Crippen molar-refractivity contribution in [3.63, 3.8) is 0 Å². The molecule has 0 spiro atoms. The van der Waals surface area contributed by atoms with Crippen LogP contribution in [0, 0.1) is 5.92 Å². The average Bonchev–Trinajstić information content (AvgIpc) is 2.82. The molecule has 0 bridgehead atoms. The molecule has 98 valence electrons. The SMILES string of the molecule is CC1CCCNC1CC(=O)NCC1CCCO1. The van der Waals surface area contributed by atoms with E-state index in [-0.39, 0.29) is 12.0 Å². The third kappa shape index (κ3) is 3.96. The summed E-state index contributed by atoms with van der Waals surface area (Å²) in [6.07, 6.45) is 5.52. The van der Waals surface area contributed by atoms with E-state index in [1.165, 1.54) is 12.8 Å². The Hall–Kier alpha value is -0.610. The van der Waals surface area contributed by atoms with Gasteiger partial charge < -0.3 is 15.4 Å². The van der Waals surface area contributed by atoms with Crippen LogP contribution >= 0.6 is 0 Å². The van der Waals surface area contributed by atoms with Crippen LogP contribution in [0.15, 0.2) is 0 Å². The van der Waals surface area contributed by atoms with Gasteiger partial charge in [-0.3, -0.25) is 4.79 Å². The van der Waals surface area contributed by atoms with Crippen molar-refractivity contribution in [2.24, 2.45) is 5.92 Å². The second kappa shape index (κ2) is 6.36. The minimum Gasteiger partial charge on any atom is -0.376 e. The summed E-state index contributed by atoms with van der Waals surface area (Å²) in [7, 11) is 0. The lowest BCUT2D eigenvalue weighted by molar-refractivity contribution is -0.122. The van der Waals surface area contributed by atoms with Crippen LogP contribution in [0.3, 0.4) is 0 Å². The number of ether oxygens (including phenoxy) is 1. The van der Waals surface area contributed by atoms with Crippen LogP contribution in [0.1, 0.15) is 39.0 Å². The van der Waals surface area contributed by atoms with Crippen LogP contribution < -0.4 is 10.6 Å². The van der Waals surface area contributed by atoms with Crippen molar-refractivity contribution in [3.05, 3.63) is 0 Å². The summed E-state index contributed by atoms with van der Waals surface area (Å²) < 4.78 is 5.48. The van der Waals surface area contributed by atoms with Crippen LogP contribution in [0.25, 0.3) is 0 Å². The highest BCUT2D eigenvalue weighted by molar-refractivity contribution is 5.76. The van der Waals surface area contributed by atoms with Gasteiger partial charge in [0.15, 0.2) is 0 Å². The summed E-state index contributed by atoms with van der Waals surface area (Å²) in [6.45, 7) is 4.81. The molecule has 2 N–H and O–H groups in total. The molecule has 3 unspecified atom stereocenters. The standard InChI is InChI=1S/C13H24N2O2/c1-10-4-2-6-14-12(10)8-13(16)15-9-11-5-3-7-17-11/h10-12,14H,2-9H2,1H3,(H,15,16). The second-order valence-electron chi connectivity index (χ2n) is 5.32. The molecule has 0 aliphatic carbocycles. The molecule has 2 rings (SSSR count). The van der Waals surface area contributed by atoms with E-state index in [1.54, 1.807) is 0 Å². The quantitative estimate of drug-likeness (QED) is 0.772. The molecule has 2 heterocycles. The maximum atomic E-state index is 11.8. The summed E-state index contributed by atoms with van der Waals surface area (Å²) in [5, 5.41) is 6.42. The zero-order valence-electron chi connectivity index (χ0n) is 10.7.